The third-order valence-electron chi connectivity index (χ3n) is 5.85. The van der Waals surface area contributed by atoms with E-state index in [-0.39, 0.29) is 11.8 Å². The first-order valence-corrected chi connectivity index (χ1v) is 10.9. The number of carbonyl (C=O) groups is 2. The van der Waals surface area contributed by atoms with Crippen LogP contribution in [0.2, 0.25) is 0 Å². The predicted octanol–water partition coefficient (Wildman–Crippen LogP) is 3.33. The van der Waals surface area contributed by atoms with Gasteiger partial charge in [-0.15, -0.1) is 0 Å². The molecule has 3 aromatic rings. The lowest BCUT2D eigenvalue weighted by atomic mass is 9.81. The Bertz CT molecular complexity index is 1220. The van der Waals surface area contributed by atoms with Gasteiger partial charge in [-0.3, -0.25) is 14.3 Å². The van der Waals surface area contributed by atoms with Gasteiger partial charge in [0.05, 0.1) is 19.4 Å². The molecule has 2 amide bonds. The van der Waals surface area contributed by atoms with Crippen LogP contribution in [0.25, 0.3) is 0 Å². The van der Waals surface area contributed by atoms with Crippen LogP contribution in [-0.4, -0.2) is 41.4 Å². The highest BCUT2D eigenvalue weighted by Gasteiger charge is 2.41. The van der Waals surface area contributed by atoms with E-state index in [1.54, 1.807) is 31.0 Å². The van der Waals surface area contributed by atoms with Crippen molar-refractivity contribution in [2.45, 2.75) is 32.7 Å². The van der Waals surface area contributed by atoms with Gasteiger partial charge in [0.25, 0.3) is 5.91 Å². The van der Waals surface area contributed by atoms with E-state index >= 15 is 0 Å². The number of aromatic nitrogens is 2. The number of nitrogens with one attached hydrogen (secondary N) is 2. The fourth-order valence-electron chi connectivity index (χ4n) is 4.38. The van der Waals surface area contributed by atoms with Crippen LogP contribution in [0.3, 0.4) is 0 Å². The molecule has 0 spiro atoms. The van der Waals surface area contributed by atoms with Crippen molar-refractivity contribution < 1.29 is 19.1 Å². The van der Waals surface area contributed by atoms with E-state index in [2.05, 4.69) is 15.7 Å². The second-order valence-corrected chi connectivity index (χ2v) is 8.10. The van der Waals surface area contributed by atoms with Crippen LogP contribution in [0.1, 0.15) is 45.6 Å². The molecule has 4 rings (SSSR count). The molecule has 33 heavy (non-hydrogen) atoms. The molecule has 0 fully saturated rings. The predicted molar refractivity (Wildman–Crippen MR) is 125 cm³/mol. The number of methoxy groups -OCH3 is 1. The first-order valence-electron chi connectivity index (χ1n) is 10.9. The number of rotatable bonds is 6. The summed E-state index contributed by atoms with van der Waals surface area (Å²) in [5.74, 6) is 0.730. The Balaban J connectivity index is 1.80. The first-order chi connectivity index (χ1) is 15.8. The van der Waals surface area contributed by atoms with Gasteiger partial charge in [0.15, 0.2) is 11.5 Å². The van der Waals surface area contributed by atoms with Gasteiger partial charge in [0.2, 0.25) is 5.91 Å². The van der Waals surface area contributed by atoms with Crippen LogP contribution < -0.4 is 20.1 Å². The molecule has 2 unspecified atom stereocenters. The Morgan fingerprint density at radius 2 is 1.97 bits per heavy atom. The molecule has 0 radical (unpaired) electrons. The summed E-state index contributed by atoms with van der Waals surface area (Å²) in [7, 11) is 3.36. The number of aryl methyl sites for hydroxylation is 3. The average molecular weight is 449 g/mol. The molecular formula is C25H28N4O4. The van der Waals surface area contributed by atoms with Crippen molar-refractivity contribution in [1.29, 1.82) is 0 Å². The first kappa shape index (κ1) is 22.4. The maximum atomic E-state index is 13.2. The number of hydrogen-bond acceptors (Lipinski definition) is 5. The summed E-state index contributed by atoms with van der Waals surface area (Å²) < 4.78 is 12.9. The second-order valence-electron chi connectivity index (χ2n) is 8.10. The van der Waals surface area contributed by atoms with Crippen LogP contribution in [0.15, 0.2) is 42.5 Å². The normalized spacial score (nSPS) is 17.2. The minimum Gasteiger partial charge on any atom is -0.493 e. The van der Waals surface area contributed by atoms with E-state index in [0.717, 1.165) is 22.4 Å². The van der Waals surface area contributed by atoms with Gasteiger partial charge in [-0.2, -0.15) is 5.10 Å². The molecule has 0 bridgehead atoms. The summed E-state index contributed by atoms with van der Waals surface area (Å²) in [5.41, 5.74) is 3.92. The monoisotopic (exact) mass is 448 g/mol. The summed E-state index contributed by atoms with van der Waals surface area (Å²) in [6.45, 7) is 6.22. The van der Waals surface area contributed by atoms with E-state index in [1.807, 2.05) is 51.1 Å². The Labute approximate surface area is 192 Å². The fourth-order valence-corrected chi connectivity index (χ4v) is 4.38. The second kappa shape index (κ2) is 8.97. The average Bonchev–Trinajstić information content (AvgIpc) is 3.07. The highest BCUT2D eigenvalue weighted by atomic mass is 16.5. The number of benzene rings is 2. The smallest absolute Gasteiger partial charge is 0.251 e. The molecular weight excluding hydrogens is 420 g/mol. The Morgan fingerprint density at radius 1 is 1.18 bits per heavy atom. The Kier molecular flexibility index (Phi) is 6.09. The van der Waals surface area contributed by atoms with Crippen molar-refractivity contribution >= 4 is 17.6 Å². The molecule has 0 aliphatic carbocycles. The van der Waals surface area contributed by atoms with Crippen LogP contribution in [-0.2, 0) is 11.8 Å². The molecule has 172 valence electrons. The molecule has 2 N–H and O–H groups in total. The van der Waals surface area contributed by atoms with E-state index in [0.29, 0.717) is 29.5 Å². The molecule has 0 saturated heterocycles. The lowest BCUT2D eigenvalue weighted by molar-refractivity contribution is -0.118. The maximum absolute atomic E-state index is 13.2. The van der Waals surface area contributed by atoms with Crippen molar-refractivity contribution in [1.82, 2.24) is 15.1 Å². The van der Waals surface area contributed by atoms with Gasteiger partial charge < -0.3 is 20.1 Å². The maximum Gasteiger partial charge on any atom is 0.251 e. The van der Waals surface area contributed by atoms with E-state index in [9.17, 15) is 9.59 Å². The fraction of sp³-hybridized carbons (Fsp3) is 0.320. The zero-order chi connectivity index (χ0) is 23.7. The summed E-state index contributed by atoms with van der Waals surface area (Å²) in [6.07, 6.45) is 0. The molecule has 0 saturated carbocycles. The third-order valence-corrected chi connectivity index (χ3v) is 5.85. The van der Waals surface area contributed by atoms with Gasteiger partial charge in [0, 0.05) is 24.1 Å². The standard InChI is InChI=1S/C25H28N4O4/c1-6-33-18-11-10-16(13-19(18)32-5)21-20-15(3)28-29(4)23(20)27-25(31)22(21)26-24(30)17-9-7-8-14(2)12-17/h7-13,21-22H,6H2,1-5H3,(H,26,30)(H,27,31). The lowest BCUT2D eigenvalue weighted by Gasteiger charge is -2.33. The topological polar surface area (TPSA) is 94.5 Å². The molecule has 1 aliphatic rings. The van der Waals surface area contributed by atoms with Crippen molar-refractivity contribution in [2.24, 2.45) is 7.05 Å². The Hall–Kier alpha value is -3.81. The summed E-state index contributed by atoms with van der Waals surface area (Å²) in [5, 5.41) is 10.4. The number of ether oxygens (including phenoxy) is 2. The zero-order valence-electron chi connectivity index (χ0n) is 19.4. The van der Waals surface area contributed by atoms with Gasteiger partial charge >= 0.3 is 0 Å². The quantitative estimate of drug-likeness (QED) is 0.603. The minimum absolute atomic E-state index is 0.302. The molecule has 2 heterocycles. The minimum atomic E-state index is -0.837. The number of anilines is 1. The van der Waals surface area contributed by atoms with Crippen LogP contribution in [0, 0.1) is 13.8 Å². The van der Waals surface area contributed by atoms with E-state index in [1.165, 1.54) is 0 Å². The van der Waals surface area contributed by atoms with Crippen LogP contribution >= 0.6 is 0 Å². The molecule has 1 aliphatic heterocycles. The molecule has 8 heteroatoms. The highest BCUT2D eigenvalue weighted by Crippen LogP contribution is 2.41. The van der Waals surface area contributed by atoms with Gasteiger partial charge in [-0.25, -0.2) is 0 Å². The van der Waals surface area contributed by atoms with Crippen LogP contribution in [0.4, 0.5) is 5.82 Å². The van der Waals surface area contributed by atoms with E-state index < -0.39 is 12.0 Å². The van der Waals surface area contributed by atoms with Crippen LogP contribution in [0.5, 0.6) is 11.5 Å². The summed E-state index contributed by atoms with van der Waals surface area (Å²) >= 11 is 0. The lowest BCUT2D eigenvalue weighted by Crippen LogP contribution is -2.50. The highest BCUT2D eigenvalue weighted by molar-refractivity contribution is 6.04. The van der Waals surface area contributed by atoms with Crippen molar-refractivity contribution in [3.63, 3.8) is 0 Å². The van der Waals surface area contributed by atoms with Crippen molar-refractivity contribution in [3.8, 4) is 11.5 Å². The van der Waals surface area contributed by atoms with Gasteiger partial charge in [0.1, 0.15) is 11.9 Å². The Morgan fingerprint density at radius 3 is 2.67 bits per heavy atom. The molecule has 2 aromatic carbocycles. The summed E-state index contributed by atoms with van der Waals surface area (Å²) in [4.78, 5) is 26.3. The molecule has 8 nitrogen and oxygen atoms in total. The van der Waals surface area contributed by atoms with Gasteiger partial charge in [-0.05, 0) is 50.6 Å². The number of carbonyl (C=O) groups excluding carboxylic acids is 2. The van der Waals surface area contributed by atoms with Crippen molar-refractivity contribution in [2.75, 3.05) is 19.0 Å². The number of hydrogen-bond donors (Lipinski definition) is 2. The SMILES string of the molecule is CCOc1ccc(C2c3c(C)nn(C)c3NC(=O)C2NC(=O)c2cccc(C)c2)cc1OC. The number of amides is 2. The molecule has 1 aromatic heterocycles. The molecule has 2 atom stereocenters. The largest absolute Gasteiger partial charge is 0.493 e. The van der Waals surface area contributed by atoms with E-state index in [4.69, 9.17) is 9.47 Å². The number of nitrogens with zero attached hydrogens (tertiary/aromatic N) is 2. The number of fused-ring (bicyclic) bond motifs is 1. The van der Waals surface area contributed by atoms with Crippen molar-refractivity contribution in [3.05, 3.63) is 70.4 Å². The third kappa shape index (κ3) is 4.16. The summed E-state index contributed by atoms with van der Waals surface area (Å²) in [6, 6.07) is 12.0. The zero-order valence-corrected chi connectivity index (χ0v) is 19.4. The van der Waals surface area contributed by atoms with Gasteiger partial charge in [-0.1, -0.05) is 23.8 Å².